The van der Waals surface area contributed by atoms with E-state index in [9.17, 15) is 8.42 Å². The number of halogens is 1. The maximum atomic E-state index is 11.9. The number of nitrogens with zero attached hydrogens (tertiary/aromatic N) is 1. The summed E-state index contributed by atoms with van der Waals surface area (Å²) in [5.41, 5.74) is 5.85. The lowest BCUT2D eigenvalue weighted by Crippen LogP contribution is -2.33. The van der Waals surface area contributed by atoms with Crippen LogP contribution in [0, 0.1) is 5.92 Å². The molecular weight excluding hydrogens is 304 g/mol. The van der Waals surface area contributed by atoms with Crippen LogP contribution in [0.5, 0.6) is 0 Å². The molecule has 9 heteroatoms. The molecule has 0 aromatic heterocycles. The van der Waals surface area contributed by atoms with Crippen molar-refractivity contribution < 1.29 is 13.6 Å². The fraction of sp³-hybridized carbons (Fsp3) is 0.364. The highest BCUT2D eigenvalue weighted by Gasteiger charge is 2.15. The van der Waals surface area contributed by atoms with Crippen LogP contribution in [-0.2, 0) is 10.2 Å². The molecule has 0 spiro atoms. The Morgan fingerprint density at radius 2 is 2.15 bits per heavy atom. The SMILES string of the molecule is CC(C)CNS(=O)(=O)Nc1cc(Cl)ccc1/C(N)=N/O. The van der Waals surface area contributed by atoms with Gasteiger partial charge in [0.05, 0.1) is 5.69 Å². The molecular formula is C11H17ClN4O3S. The molecule has 0 heterocycles. The lowest BCUT2D eigenvalue weighted by atomic mass is 10.1. The first kappa shape index (κ1) is 16.5. The van der Waals surface area contributed by atoms with Gasteiger partial charge in [0.1, 0.15) is 0 Å². The van der Waals surface area contributed by atoms with E-state index < -0.39 is 10.2 Å². The monoisotopic (exact) mass is 320 g/mol. The first-order valence-corrected chi connectivity index (χ1v) is 7.66. The van der Waals surface area contributed by atoms with E-state index in [-0.39, 0.29) is 29.5 Å². The quantitative estimate of drug-likeness (QED) is 0.274. The number of nitrogens with one attached hydrogen (secondary N) is 2. The van der Waals surface area contributed by atoms with Gasteiger partial charge in [0.2, 0.25) is 0 Å². The molecule has 0 aliphatic rings. The van der Waals surface area contributed by atoms with Crippen LogP contribution in [0.15, 0.2) is 23.4 Å². The van der Waals surface area contributed by atoms with E-state index in [2.05, 4.69) is 14.6 Å². The molecule has 1 aromatic carbocycles. The van der Waals surface area contributed by atoms with Gasteiger partial charge in [-0.15, -0.1) is 0 Å². The third kappa shape index (κ3) is 4.87. The minimum Gasteiger partial charge on any atom is -0.409 e. The van der Waals surface area contributed by atoms with Gasteiger partial charge in [-0.05, 0) is 24.1 Å². The molecule has 20 heavy (non-hydrogen) atoms. The average molecular weight is 321 g/mol. The van der Waals surface area contributed by atoms with Crippen molar-refractivity contribution in [2.75, 3.05) is 11.3 Å². The average Bonchev–Trinajstić information content (AvgIpc) is 2.35. The lowest BCUT2D eigenvalue weighted by Gasteiger charge is -2.14. The second-order valence-electron chi connectivity index (χ2n) is 4.52. The van der Waals surface area contributed by atoms with Crippen molar-refractivity contribution >= 4 is 33.3 Å². The van der Waals surface area contributed by atoms with Crippen molar-refractivity contribution in [1.29, 1.82) is 0 Å². The number of rotatable bonds is 6. The second-order valence-corrected chi connectivity index (χ2v) is 6.46. The van der Waals surface area contributed by atoms with Gasteiger partial charge in [-0.2, -0.15) is 13.1 Å². The number of nitrogens with two attached hydrogens (primary N) is 1. The number of anilines is 1. The van der Waals surface area contributed by atoms with Crippen LogP contribution < -0.4 is 15.2 Å². The summed E-state index contributed by atoms with van der Waals surface area (Å²) in [6, 6.07) is 4.34. The Labute approximate surface area is 123 Å². The molecule has 0 aliphatic heterocycles. The second kappa shape index (κ2) is 6.78. The Morgan fingerprint density at radius 1 is 1.50 bits per heavy atom. The first-order chi connectivity index (χ1) is 9.25. The Balaban J connectivity index is 3.05. The van der Waals surface area contributed by atoms with Crippen molar-refractivity contribution in [3.05, 3.63) is 28.8 Å². The fourth-order valence-corrected chi connectivity index (χ4v) is 2.59. The minimum atomic E-state index is -3.76. The maximum absolute atomic E-state index is 11.9. The zero-order valence-corrected chi connectivity index (χ0v) is 12.7. The molecule has 1 rings (SSSR count). The molecule has 0 saturated carbocycles. The van der Waals surface area contributed by atoms with Gasteiger partial charge < -0.3 is 10.9 Å². The summed E-state index contributed by atoms with van der Waals surface area (Å²) in [6.45, 7) is 4.04. The standard InChI is InChI=1S/C11H17ClN4O3S/c1-7(2)6-14-20(18,19)16-10-5-8(12)3-4-9(10)11(13)15-17/h3-5,7,14,16-17H,6H2,1-2H3,(H2,13,15). The van der Waals surface area contributed by atoms with Crippen LogP contribution in [0.2, 0.25) is 5.02 Å². The van der Waals surface area contributed by atoms with Crippen molar-refractivity contribution in [3.8, 4) is 0 Å². The summed E-state index contributed by atoms with van der Waals surface area (Å²) in [4.78, 5) is 0. The Kier molecular flexibility index (Phi) is 5.61. The Morgan fingerprint density at radius 3 is 2.70 bits per heavy atom. The van der Waals surface area contributed by atoms with Gasteiger partial charge >= 0.3 is 0 Å². The maximum Gasteiger partial charge on any atom is 0.299 e. The summed E-state index contributed by atoms with van der Waals surface area (Å²) < 4.78 is 28.4. The van der Waals surface area contributed by atoms with E-state index >= 15 is 0 Å². The van der Waals surface area contributed by atoms with Crippen molar-refractivity contribution in [2.45, 2.75) is 13.8 Å². The predicted molar refractivity (Wildman–Crippen MR) is 79.3 cm³/mol. The molecule has 5 N–H and O–H groups in total. The van der Waals surface area contributed by atoms with E-state index in [0.717, 1.165) is 0 Å². The summed E-state index contributed by atoms with van der Waals surface area (Å²) in [7, 11) is -3.76. The first-order valence-electron chi connectivity index (χ1n) is 5.80. The summed E-state index contributed by atoms with van der Waals surface area (Å²) in [5.74, 6) is -0.0577. The summed E-state index contributed by atoms with van der Waals surface area (Å²) in [5, 5.41) is 11.9. The third-order valence-corrected chi connectivity index (χ3v) is 3.56. The Hall–Kier alpha value is -1.51. The Bertz CT molecular complexity index is 602. The van der Waals surface area contributed by atoms with Gasteiger partial charge in [-0.3, -0.25) is 4.72 Å². The molecule has 0 unspecified atom stereocenters. The topological polar surface area (TPSA) is 117 Å². The van der Waals surface area contributed by atoms with E-state index in [1.54, 1.807) is 0 Å². The van der Waals surface area contributed by atoms with Crippen LogP contribution in [0.1, 0.15) is 19.4 Å². The van der Waals surface area contributed by atoms with E-state index in [0.29, 0.717) is 5.02 Å². The van der Waals surface area contributed by atoms with Gasteiger partial charge in [-0.25, -0.2) is 0 Å². The van der Waals surface area contributed by atoms with Crippen molar-refractivity contribution in [2.24, 2.45) is 16.8 Å². The highest BCUT2D eigenvalue weighted by atomic mass is 35.5. The van der Waals surface area contributed by atoms with E-state index in [1.165, 1.54) is 18.2 Å². The largest absolute Gasteiger partial charge is 0.409 e. The fourth-order valence-electron chi connectivity index (χ4n) is 1.34. The number of amidine groups is 1. The van der Waals surface area contributed by atoms with Gasteiger partial charge in [0.15, 0.2) is 5.84 Å². The lowest BCUT2D eigenvalue weighted by molar-refractivity contribution is 0.318. The molecule has 0 bridgehead atoms. The molecule has 0 fully saturated rings. The van der Waals surface area contributed by atoms with Crippen LogP contribution >= 0.6 is 11.6 Å². The van der Waals surface area contributed by atoms with Gasteiger partial charge in [0, 0.05) is 17.1 Å². The molecule has 0 atom stereocenters. The zero-order valence-electron chi connectivity index (χ0n) is 11.1. The van der Waals surface area contributed by atoms with Crippen molar-refractivity contribution in [3.63, 3.8) is 0 Å². The van der Waals surface area contributed by atoms with E-state index in [1.807, 2.05) is 13.8 Å². The normalized spacial score (nSPS) is 12.7. The minimum absolute atomic E-state index is 0.129. The third-order valence-electron chi connectivity index (χ3n) is 2.29. The van der Waals surface area contributed by atoms with Crippen LogP contribution in [-0.4, -0.2) is 26.0 Å². The van der Waals surface area contributed by atoms with Crippen LogP contribution in [0.4, 0.5) is 5.69 Å². The predicted octanol–water partition coefficient (Wildman–Crippen LogP) is 1.34. The van der Waals surface area contributed by atoms with Gasteiger partial charge in [0.25, 0.3) is 10.2 Å². The molecule has 1 aromatic rings. The highest BCUT2D eigenvalue weighted by molar-refractivity contribution is 7.90. The molecule has 0 aliphatic carbocycles. The molecule has 7 nitrogen and oxygen atoms in total. The summed E-state index contributed by atoms with van der Waals surface area (Å²) >= 11 is 5.82. The van der Waals surface area contributed by atoms with E-state index in [4.69, 9.17) is 22.5 Å². The molecule has 0 radical (unpaired) electrons. The molecule has 112 valence electrons. The van der Waals surface area contributed by atoms with Crippen molar-refractivity contribution in [1.82, 2.24) is 4.72 Å². The highest BCUT2D eigenvalue weighted by Crippen LogP contribution is 2.21. The number of oxime groups is 1. The summed E-state index contributed by atoms with van der Waals surface area (Å²) in [6.07, 6.45) is 0. The van der Waals surface area contributed by atoms with Gasteiger partial charge in [-0.1, -0.05) is 30.6 Å². The van der Waals surface area contributed by atoms with Crippen LogP contribution in [0.3, 0.4) is 0 Å². The number of hydrogen-bond acceptors (Lipinski definition) is 4. The molecule has 0 amide bonds. The zero-order chi connectivity index (χ0) is 15.3. The number of hydrogen-bond donors (Lipinski definition) is 4. The number of benzene rings is 1. The van der Waals surface area contributed by atoms with Crippen LogP contribution in [0.25, 0.3) is 0 Å². The molecule has 0 saturated heterocycles. The smallest absolute Gasteiger partial charge is 0.299 e.